The molecule has 3 rings (SSSR count). The normalized spacial score (nSPS) is 10.5. The van der Waals surface area contributed by atoms with Crippen LogP contribution in [-0.4, -0.2) is 28.3 Å². The Morgan fingerprint density at radius 2 is 1.96 bits per heavy atom. The van der Waals surface area contributed by atoms with Gasteiger partial charge in [-0.05, 0) is 24.3 Å². The molecule has 1 N–H and O–H groups in total. The maximum absolute atomic E-state index is 11.2. The van der Waals surface area contributed by atoms with Gasteiger partial charge in [-0.2, -0.15) is 4.98 Å². The third-order valence-electron chi connectivity index (χ3n) is 3.28. The summed E-state index contributed by atoms with van der Waals surface area (Å²) in [4.78, 5) is 16.2. The van der Waals surface area contributed by atoms with Crippen molar-refractivity contribution in [3.05, 3.63) is 60.0 Å². The lowest BCUT2D eigenvalue weighted by Crippen LogP contribution is -1.98. The average Bonchev–Trinajstić information content (AvgIpc) is 3.09. The molecule has 0 aliphatic rings. The summed E-state index contributed by atoms with van der Waals surface area (Å²) in [6.45, 7) is 0. The van der Waals surface area contributed by atoms with Crippen LogP contribution >= 0.6 is 11.8 Å². The standard InChI is InChI=1S/C17H14N2O4S/c1-22-13-8-4-2-6-11(13)16-18-15(23-19-16)10-24-14-9-5-3-7-12(14)17(20)21/h2-9H,10H2,1H3,(H,20,21). The Balaban J connectivity index is 1.77. The monoisotopic (exact) mass is 342 g/mol. The zero-order valence-corrected chi connectivity index (χ0v) is 13.6. The van der Waals surface area contributed by atoms with E-state index in [4.69, 9.17) is 9.26 Å². The molecule has 0 unspecified atom stereocenters. The van der Waals surface area contributed by atoms with Crippen LogP contribution in [-0.2, 0) is 5.75 Å². The lowest BCUT2D eigenvalue weighted by molar-refractivity contribution is 0.0693. The van der Waals surface area contributed by atoms with Crippen LogP contribution in [0.4, 0.5) is 0 Å². The third kappa shape index (κ3) is 3.41. The predicted octanol–water partition coefficient (Wildman–Crippen LogP) is 3.74. The largest absolute Gasteiger partial charge is 0.496 e. The molecule has 3 aromatic rings. The minimum atomic E-state index is -0.960. The summed E-state index contributed by atoms with van der Waals surface area (Å²) in [6, 6.07) is 14.2. The summed E-state index contributed by atoms with van der Waals surface area (Å²) in [5, 5.41) is 13.2. The van der Waals surface area contributed by atoms with E-state index < -0.39 is 5.97 Å². The first-order valence-corrected chi connectivity index (χ1v) is 8.08. The van der Waals surface area contributed by atoms with Gasteiger partial charge in [0.1, 0.15) is 5.75 Å². The zero-order chi connectivity index (χ0) is 16.9. The molecule has 0 aliphatic heterocycles. The molecule has 0 aliphatic carbocycles. The number of methoxy groups -OCH3 is 1. The highest BCUT2D eigenvalue weighted by atomic mass is 32.2. The number of hydrogen-bond donors (Lipinski definition) is 1. The van der Waals surface area contributed by atoms with E-state index >= 15 is 0 Å². The van der Waals surface area contributed by atoms with Crippen molar-refractivity contribution >= 4 is 17.7 Å². The van der Waals surface area contributed by atoms with Crippen molar-refractivity contribution < 1.29 is 19.2 Å². The average molecular weight is 342 g/mol. The Morgan fingerprint density at radius 3 is 2.75 bits per heavy atom. The van der Waals surface area contributed by atoms with Crippen LogP contribution in [0.2, 0.25) is 0 Å². The molecule has 0 bridgehead atoms. The van der Waals surface area contributed by atoms with Gasteiger partial charge < -0.3 is 14.4 Å². The number of rotatable bonds is 6. The van der Waals surface area contributed by atoms with Gasteiger partial charge in [0.2, 0.25) is 11.7 Å². The molecule has 0 spiro atoms. The van der Waals surface area contributed by atoms with Gasteiger partial charge in [0.05, 0.1) is 24.0 Å². The number of para-hydroxylation sites is 1. The SMILES string of the molecule is COc1ccccc1-c1noc(CSc2ccccc2C(=O)O)n1. The molecule has 0 saturated heterocycles. The van der Waals surface area contributed by atoms with Gasteiger partial charge in [0.15, 0.2) is 0 Å². The molecule has 0 atom stereocenters. The minimum Gasteiger partial charge on any atom is -0.496 e. The lowest BCUT2D eigenvalue weighted by atomic mass is 10.2. The van der Waals surface area contributed by atoms with Crippen molar-refractivity contribution in [2.45, 2.75) is 10.6 Å². The molecule has 6 nitrogen and oxygen atoms in total. The molecule has 0 saturated carbocycles. The Hall–Kier alpha value is -2.80. The first kappa shape index (κ1) is 16.1. The number of nitrogens with zero attached hydrogens (tertiary/aromatic N) is 2. The molecule has 2 aromatic carbocycles. The van der Waals surface area contributed by atoms with Gasteiger partial charge in [-0.3, -0.25) is 0 Å². The number of aromatic carboxylic acids is 1. The molecule has 0 radical (unpaired) electrons. The second-order valence-electron chi connectivity index (χ2n) is 4.80. The van der Waals surface area contributed by atoms with Crippen LogP contribution < -0.4 is 4.74 Å². The second kappa shape index (κ2) is 7.18. The molecule has 122 valence electrons. The van der Waals surface area contributed by atoms with Crippen molar-refractivity contribution in [3.8, 4) is 17.1 Å². The first-order chi connectivity index (χ1) is 11.7. The number of carboxylic acid groups (broad SMARTS) is 1. The molecule has 0 fully saturated rings. The number of thioether (sulfide) groups is 1. The number of ether oxygens (including phenoxy) is 1. The highest BCUT2D eigenvalue weighted by Gasteiger charge is 2.14. The van der Waals surface area contributed by atoms with Crippen LogP contribution in [0.25, 0.3) is 11.4 Å². The number of hydrogen-bond acceptors (Lipinski definition) is 6. The lowest BCUT2D eigenvalue weighted by Gasteiger charge is -2.03. The van der Waals surface area contributed by atoms with E-state index in [2.05, 4.69) is 10.1 Å². The van der Waals surface area contributed by atoms with Gasteiger partial charge >= 0.3 is 5.97 Å². The van der Waals surface area contributed by atoms with Crippen LogP contribution in [0, 0.1) is 0 Å². The third-order valence-corrected chi connectivity index (χ3v) is 4.34. The van der Waals surface area contributed by atoms with E-state index in [1.807, 2.05) is 24.3 Å². The van der Waals surface area contributed by atoms with Crippen LogP contribution in [0.5, 0.6) is 5.75 Å². The molecule has 1 aromatic heterocycles. The highest BCUT2D eigenvalue weighted by molar-refractivity contribution is 7.98. The quantitative estimate of drug-likeness (QED) is 0.683. The summed E-state index contributed by atoms with van der Waals surface area (Å²) < 4.78 is 10.5. The first-order valence-electron chi connectivity index (χ1n) is 7.10. The Morgan fingerprint density at radius 1 is 1.21 bits per heavy atom. The van der Waals surface area contributed by atoms with E-state index in [0.29, 0.717) is 28.1 Å². The fraction of sp³-hybridized carbons (Fsp3) is 0.118. The number of carbonyl (C=O) groups is 1. The Labute approximate surface area is 142 Å². The van der Waals surface area contributed by atoms with Crippen LogP contribution in [0.15, 0.2) is 57.9 Å². The van der Waals surface area contributed by atoms with E-state index in [9.17, 15) is 9.90 Å². The van der Waals surface area contributed by atoms with Crippen molar-refractivity contribution in [2.75, 3.05) is 7.11 Å². The van der Waals surface area contributed by atoms with Crippen LogP contribution in [0.1, 0.15) is 16.2 Å². The van der Waals surface area contributed by atoms with Crippen LogP contribution in [0.3, 0.4) is 0 Å². The molecular formula is C17H14N2O4S. The van der Waals surface area contributed by atoms with E-state index in [1.54, 1.807) is 31.4 Å². The van der Waals surface area contributed by atoms with E-state index in [1.165, 1.54) is 11.8 Å². The Bertz CT molecular complexity index is 863. The molecule has 1 heterocycles. The molecule has 7 heteroatoms. The summed E-state index contributed by atoms with van der Waals surface area (Å²) >= 11 is 1.34. The van der Waals surface area contributed by atoms with E-state index in [-0.39, 0.29) is 5.56 Å². The number of benzene rings is 2. The van der Waals surface area contributed by atoms with Gasteiger partial charge in [0.25, 0.3) is 0 Å². The zero-order valence-electron chi connectivity index (χ0n) is 12.8. The van der Waals surface area contributed by atoms with Gasteiger partial charge in [0, 0.05) is 4.90 Å². The summed E-state index contributed by atoms with van der Waals surface area (Å²) in [7, 11) is 1.58. The summed E-state index contributed by atoms with van der Waals surface area (Å²) in [6.07, 6.45) is 0. The molecular weight excluding hydrogens is 328 g/mol. The minimum absolute atomic E-state index is 0.256. The smallest absolute Gasteiger partial charge is 0.336 e. The van der Waals surface area contributed by atoms with Crippen molar-refractivity contribution in [2.24, 2.45) is 0 Å². The number of carboxylic acids is 1. The summed E-state index contributed by atoms with van der Waals surface area (Å²) in [5.41, 5.74) is 0.998. The highest BCUT2D eigenvalue weighted by Crippen LogP contribution is 2.29. The van der Waals surface area contributed by atoms with Gasteiger partial charge in [-0.15, -0.1) is 11.8 Å². The topological polar surface area (TPSA) is 85.5 Å². The maximum Gasteiger partial charge on any atom is 0.336 e. The fourth-order valence-corrected chi connectivity index (χ4v) is 3.04. The summed E-state index contributed by atoms with van der Waals surface area (Å²) in [5.74, 6) is 0.939. The Kier molecular flexibility index (Phi) is 4.81. The van der Waals surface area contributed by atoms with Crippen molar-refractivity contribution in [1.82, 2.24) is 10.1 Å². The number of aromatic nitrogens is 2. The van der Waals surface area contributed by atoms with Gasteiger partial charge in [-0.25, -0.2) is 4.79 Å². The predicted molar refractivity (Wildman–Crippen MR) is 89.2 cm³/mol. The molecule has 24 heavy (non-hydrogen) atoms. The van der Waals surface area contributed by atoms with Gasteiger partial charge in [-0.1, -0.05) is 29.4 Å². The van der Waals surface area contributed by atoms with E-state index in [0.717, 1.165) is 5.56 Å². The fourth-order valence-electron chi connectivity index (χ4n) is 2.16. The second-order valence-corrected chi connectivity index (χ2v) is 5.82. The van der Waals surface area contributed by atoms with Crippen molar-refractivity contribution in [1.29, 1.82) is 0 Å². The van der Waals surface area contributed by atoms with Crippen molar-refractivity contribution in [3.63, 3.8) is 0 Å². The maximum atomic E-state index is 11.2. The molecule has 0 amide bonds.